The molecular formula is C23H25N3O5S. The number of sulfonamides is 1. The molecule has 0 radical (unpaired) electrons. The predicted molar refractivity (Wildman–Crippen MR) is 117 cm³/mol. The number of fused-ring (bicyclic) bond motifs is 1. The third-order valence-electron chi connectivity index (χ3n) is 5.54. The van der Waals surface area contributed by atoms with Crippen LogP contribution in [0.5, 0.6) is 0 Å². The van der Waals surface area contributed by atoms with E-state index in [1.54, 1.807) is 0 Å². The predicted octanol–water partition coefficient (Wildman–Crippen LogP) is 2.43. The number of nitriles is 1. The highest BCUT2D eigenvalue weighted by atomic mass is 32.2. The fourth-order valence-corrected chi connectivity index (χ4v) is 5.60. The zero-order chi connectivity index (χ0) is 23.3. The Balaban J connectivity index is 2.07. The van der Waals surface area contributed by atoms with Gasteiger partial charge in [-0.05, 0) is 36.1 Å². The summed E-state index contributed by atoms with van der Waals surface area (Å²) in [7, 11) is -4.60. The Kier molecular flexibility index (Phi) is 7.28. The number of amides is 1. The van der Waals surface area contributed by atoms with Crippen LogP contribution in [0.3, 0.4) is 0 Å². The minimum absolute atomic E-state index is 0.0190. The highest BCUT2D eigenvalue weighted by Crippen LogP contribution is 2.27. The van der Waals surface area contributed by atoms with E-state index in [2.05, 4.69) is 5.32 Å². The van der Waals surface area contributed by atoms with Crippen molar-refractivity contribution in [2.45, 2.75) is 56.1 Å². The van der Waals surface area contributed by atoms with Crippen molar-refractivity contribution in [2.24, 2.45) is 0 Å². The molecule has 2 aromatic carbocycles. The number of carbonyl (C=O) groups is 2. The number of nitrogens with one attached hydrogen (secondary N) is 1. The van der Waals surface area contributed by atoms with Crippen LogP contribution in [0.25, 0.3) is 0 Å². The van der Waals surface area contributed by atoms with Crippen molar-refractivity contribution in [3.05, 3.63) is 65.2 Å². The van der Waals surface area contributed by atoms with Crippen molar-refractivity contribution >= 4 is 21.9 Å². The number of hydrogen-bond donors (Lipinski definition) is 2. The van der Waals surface area contributed by atoms with Crippen molar-refractivity contribution in [3.8, 4) is 6.07 Å². The summed E-state index contributed by atoms with van der Waals surface area (Å²) in [6.07, 6.45) is 1.28. The Morgan fingerprint density at radius 1 is 1.19 bits per heavy atom. The number of hydrogen-bond acceptors (Lipinski definition) is 6. The quantitative estimate of drug-likeness (QED) is 0.626. The molecule has 9 heteroatoms. The van der Waals surface area contributed by atoms with Crippen molar-refractivity contribution in [2.75, 3.05) is 0 Å². The fourth-order valence-electron chi connectivity index (χ4n) is 3.85. The molecule has 0 saturated carbocycles. The molecule has 0 unspecified atom stereocenters. The first-order valence-electron chi connectivity index (χ1n) is 10.4. The normalized spacial score (nSPS) is 16.4. The number of carboxylic acid groups (broad SMARTS) is 1. The molecule has 1 heterocycles. The Labute approximate surface area is 187 Å². The third-order valence-corrected chi connectivity index (χ3v) is 7.40. The second kappa shape index (κ2) is 9.94. The second-order valence-electron chi connectivity index (χ2n) is 7.65. The van der Waals surface area contributed by atoms with Gasteiger partial charge >= 0.3 is 5.97 Å². The first kappa shape index (κ1) is 23.4. The maximum absolute atomic E-state index is 13.6. The van der Waals surface area contributed by atoms with E-state index in [1.807, 2.05) is 37.3 Å². The van der Waals surface area contributed by atoms with E-state index in [0.717, 1.165) is 11.1 Å². The molecule has 0 saturated heterocycles. The molecule has 2 aromatic rings. The minimum atomic E-state index is -4.60. The van der Waals surface area contributed by atoms with Gasteiger partial charge in [0.15, 0.2) is 0 Å². The molecule has 0 aliphatic carbocycles. The number of nitrogens with zero attached hydrogens (tertiary/aromatic N) is 2. The van der Waals surface area contributed by atoms with Crippen molar-refractivity contribution in [1.29, 1.82) is 5.26 Å². The van der Waals surface area contributed by atoms with Crippen LogP contribution in [0.4, 0.5) is 0 Å². The average molecular weight is 456 g/mol. The van der Waals surface area contributed by atoms with Gasteiger partial charge in [-0.2, -0.15) is 5.26 Å². The largest absolute Gasteiger partial charge is 0.480 e. The summed E-state index contributed by atoms with van der Waals surface area (Å²) in [6, 6.07) is 12.3. The van der Waals surface area contributed by atoms with Crippen molar-refractivity contribution in [3.63, 3.8) is 0 Å². The SMILES string of the molecule is CCCC[C@@H](C(=O)O)N(C(=O)[C@@H]1Cc2ccccc2CN1)S(=O)(=O)c1ccccc1C#N. The Morgan fingerprint density at radius 2 is 1.84 bits per heavy atom. The standard InChI is InChI=1S/C23H25N3O5S/c1-2-3-11-20(23(28)29)26(32(30,31)21-12-7-6-9-17(21)14-24)22(27)19-13-16-8-4-5-10-18(16)15-25-19/h4-10,12,19-20,25H,2-3,11,13,15H2,1H3,(H,28,29)/t19-,20-/m0/s1. The van der Waals surface area contributed by atoms with Crippen LogP contribution in [0.15, 0.2) is 53.4 Å². The number of aliphatic carboxylic acids is 1. The van der Waals surface area contributed by atoms with Gasteiger partial charge in [0.2, 0.25) is 0 Å². The number of rotatable bonds is 8. The highest BCUT2D eigenvalue weighted by molar-refractivity contribution is 7.89. The van der Waals surface area contributed by atoms with Crippen LogP contribution in [0.1, 0.15) is 42.9 Å². The summed E-state index contributed by atoms with van der Waals surface area (Å²) < 4.78 is 27.7. The van der Waals surface area contributed by atoms with E-state index in [0.29, 0.717) is 23.7 Å². The van der Waals surface area contributed by atoms with Crippen LogP contribution in [-0.2, 0) is 32.6 Å². The maximum Gasteiger partial charge on any atom is 0.327 e. The number of benzene rings is 2. The molecule has 8 nitrogen and oxygen atoms in total. The van der Waals surface area contributed by atoms with Gasteiger partial charge in [0.05, 0.1) is 11.6 Å². The van der Waals surface area contributed by atoms with Crippen LogP contribution in [-0.4, -0.2) is 41.8 Å². The lowest BCUT2D eigenvalue weighted by Gasteiger charge is -2.34. The smallest absolute Gasteiger partial charge is 0.327 e. The molecule has 0 bridgehead atoms. The summed E-state index contributed by atoms with van der Waals surface area (Å²) in [6.45, 7) is 2.21. The van der Waals surface area contributed by atoms with Gasteiger partial charge in [-0.1, -0.05) is 56.2 Å². The van der Waals surface area contributed by atoms with E-state index in [4.69, 9.17) is 0 Å². The zero-order valence-corrected chi connectivity index (χ0v) is 18.5. The molecule has 1 aliphatic heterocycles. The fraction of sp³-hybridized carbons (Fsp3) is 0.348. The van der Waals surface area contributed by atoms with E-state index in [9.17, 15) is 28.4 Å². The van der Waals surface area contributed by atoms with Crippen LogP contribution in [0.2, 0.25) is 0 Å². The van der Waals surface area contributed by atoms with Gasteiger partial charge in [-0.3, -0.25) is 4.79 Å². The van der Waals surface area contributed by atoms with Crippen LogP contribution in [0, 0.1) is 11.3 Å². The molecule has 2 atom stereocenters. The van der Waals surface area contributed by atoms with Gasteiger partial charge in [0.25, 0.3) is 15.9 Å². The van der Waals surface area contributed by atoms with Crippen LogP contribution >= 0.6 is 0 Å². The van der Waals surface area contributed by atoms with Gasteiger partial charge in [-0.15, -0.1) is 0 Å². The molecule has 168 valence electrons. The lowest BCUT2D eigenvalue weighted by atomic mass is 9.95. The molecule has 32 heavy (non-hydrogen) atoms. The number of carbonyl (C=O) groups excluding carboxylic acids is 1. The second-order valence-corrected chi connectivity index (χ2v) is 9.43. The van der Waals surface area contributed by atoms with Crippen molar-refractivity contribution < 1.29 is 23.1 Å². The van der Waals surface area contributed by atoms with Gasteiger partial charge in [0, 0.05) is 6.54 Å². The summed E-state index contributed by atoms with van der Waals surface area (Å²) in [4.78, 5) is 25.3. The van der Waals surface area contributed by atoms with Gasteiger partial charge in [-0.25, -0.2) is 17.5 Å². The number of unbranched alkanes of at least 4 members (excludes halogenated alkanes) is 1. The van der Waals surface area contributed by atoms with E-state index >= 15 is 0 Å². The first-order chi connectivity index (χ1) is 15.3. The Morgan fingerprint density at radius 3 is 2.50 bits per heavy atom. The number of carboxylic acids is 1. The molecule has 1 amide bonds. The van der Waals surface area contributed by atoms with Crippen molar-refractivity contribution in [1.82, 2.24) is 9.62 Å². The summed E-state index contributed by atoms with van der Waals surface area (Å²) in [5, 5.41) is 22.3. The van der Waals surface area contributed by atoms with Gasteiger partial charge < -0.3 is 10.4 Å². The minimum Gasteiger partial charge on any atom is -0.480 e. The van der Waals surface area contributed by atoms with Crippen LogP contribution < -0.4 is 5.32 Å². The monoisotopic (exact) mass is 455 g/mol. The molecule has 0 spiro atoms. The molecular weight excluding hydrogens is 430 g/mol. The first-order valence-corrected chi connectivity index (χ1v) is 11.9. The summed E-state index contributed by atoms with van der Waals surface area (Å²) in [5.41, 5.74) is 1.76. The maximum atomic E-state index is 13.6. The van der Waals surface area contributed by atoms with E-state index < -0.39 is 34.0 Å². The van der Waals surface area contributed by atoms with E-state index in [1.165, 1.54) is 24.3 Å². The lowest BCUT2D eigenvalue weighted by Crippen LogP contribution is -2.56. The topological polar surface area (TPSA) is 128 Å². The molecule has 0 fully saturated rings. The third kappa shape index (κ3) is 4.66. The Bertz CT molecular complexity index is 1160. The summed E-state index contributed by atoms with van der Waals surface area (Å²) >= 11 is 0. The average Bonchev–Trinajstić information content (AvgIpc) is 2.80. The Hall–Kier alpha value is -3.22. The molecule has 1 aliphatic rings. The molecule has 3 rings (SSSR count). The van der Waals surface area contributed by atoms with E-state index in [-0.39, 0.29) is 23.3 Å². The van der Waals surface area contributed by atoms with Gasteiger partial charge in [0.1, 0.15) is 17.0 Å². The highest BCUT2D eigenvalue weighted by Gasteiger charge is 2.43. The molecule has 0 aromatic heterocycles. The lowest BCUT2D eigenvalue weighted by molar-refractivity contribution is -0.147. The summed E-state index contributed by atoms with van der Waals surface area (Å²) in [5.74, 6) is -2.24. The zero-order valence-electron chi connectivity index (χ0n) is 17.7. The molecule has 2 N–H and O–H groups in total.